The van der Waals surface area contributed by atoms with Crippen LogP contribution in [0.1, 0.15) is 15.9 Å². The Hall–Kier alpha value is -1.82. The van der Waals surface area contributed by atoms with Crippen molar-refractivity contribution in [3.05, 3.63) is 58.6 Å². The van der Waals surface area contributed by atoms with Gasteiger partial charge in [-0.3, -0.25) is 4.79 Å². The summed E-state index contributed by atoms with van der Waals surface area (Å²) in [6.07, 6.45) is 0.875. The van der Waals surface area contributed by atoms with E-state index in [1.54, 1.807) is 0 Å². The molecular weight excluding hydrogens is 296 g/mol. The van der Waals surface area contributed by atoms with E-state index in [0.717, 1.165) is 23.0 Å². The van der Waals surface area contributed by atoms with Gasteiger partial charge in [-0.1, -0.05) is 49.3 Å². The van der Waals surface area contributed by atoms with E-state index in [9.17, 15) is 4.79 Å². The molecule has 2 rings (SSSR count). The van der Waals surface area contributed by atoms with Crippen molar-refractivity contribution in [2.45, 2.75) is 19.6 Å². The quantitative estimate of drug-likeness (QED) is 0.431. The van der Waals surface area contributed by atoms with E-state index in [1.165, 1.54) is 0 Å². The fourth-order valence-electron chi connectivity index (χ4n) is 1.88. The lowest BCUT2D eigenvalue weighted by Gasteiger charge is -2.07. The Bertz CT molecular complexity index is 716. The van der Waals surface area contributed by atoms with Crippen molar-refractivity contribution in [2.24, 2.45) is 0 Å². The van der Waals surface area contributed by atoms with Crippen LogP contribution in [-0.4, -0.2) is 14.4 Å². The van der Waals surface area contributed by atoms with E-state index < -0.39 is 8.07 Å². The summed E-state index contributed by atoms with van der Waals surface area (Å²) in [5, 5.41) is 0.682. The maximum absolute atomic E-state index is 11.2. The third kappa shape index (κ3) is 4.32. The van der Waals surface area contributed by atoms with E-state index in [2.05, 4.69) is 31.1 Å². The number of carbonyl (C=O) groups excluding carboxylic acids is 1. The fourth-order valence-corrected chi connectivity index (χ4v) is 2.52. The van der Waals surface area contributed by atoms with Crippen molar-refractivity contribution in [3.8, 4) is 22.6 Å². The van der Waals surface area contributed by atoms with Crippen LogP contribution in [0.25, 0.3) is 11.1 Å². The summed E-state index contributed by atoms with van der Waals surface area (Å²) in [7, 11) is -1.41. The second-order valence-electron chi connectivity index (χ2n) is 5.93. The van der Waals surface area contributed by atoms with Gasteiger partial charge in [0.15, 0.2) is 6.29 Å². The number of aldehydes is 1. The van der Waals surface area contributed by atoms with Gasteiger partial charge in [-0.25, -0.2) is 0 Å². The van der Waals surface area contributed by atoms with Crippen molar-refractivity contribution in [3.63, 3.8) is 0 Å². The van der Waals surface area contributed by atoms with E-state index in [1.807, 2.05) is 42.5 Å². The first-order valence-corrected chi connectivity index (χ1v) is 10.7. The summed E-state index contributed by atoms with van der Waals surface area (Å²) in [6.45, 7) is 6.62. The van der Waals surface area contributed by atoms with Gasteiger partial charge in [0.05, 0.1) is 0 Å². The summed E-state index contributed by atoms with van der Waals surface area (Å²) in [5.41, 5.74) is 6.81. The molecule has 0 N–H and O–H groups in total. The van der Waals surface area contributed by atoms with Crippen molar-refractivity contribution < 1.29 is 4.79 Å². The van der Waals surface area contributed by atoms with E-state index in [4.69, 9.17) is 11.6 Å². The van der Waals surface area contributed by atoms with Crippen LogP contribution in [-0.2, 0) is 0 Å². The number of hydrogen-bond acceptors (Lipinski definition) is 1. The molecule has 0 saturated heterocycles. The van der Waals surface area contributed by atoms with Gasteiger partial charge in [0.1, 0.15) is 8.07 Å². The first kappa shape index (κ1) is 15.6. The smallest absolute Gasteiger partial charge is 0.150 e. The van der Waals surface area contributed by atoms with Crippen LogP contribution in [0.4, 0.5) is 0 Å². The lowest BCUT2D eigenvalue weighted by Crippen LogP contribution is -2.16. The predicted octanol–water partition coefficient (Wildman–Crippen LogP) is 5.05. The van der Waals surface area contributed by atoms with E-state index in [0.29, 0.717) is 10.6 Å². The average molecular weight is 313 g/mol. The molecule has 0 aliphatic carbocycles. The van der Waals surface area contributed by atoms with E-state index in [-0.39, 0.29) is 0 Å². The zero-order valence-electron chi connectivity index (χ0n) is 12.4. The average Bonchev–Trinajstić information content (AvgIpc) is 2.45. The molecular formula is C18H17ClOSi. The Labute approximate surface area is 132 Å². The highest BCUT2D eigenvalue weighted by molar-refractivity contribution is 6.83. The number of halogens is 1. The van der Waals surface area contributed by atoms with Gasteiger partial charge in [-0.05, 0) is 41.5 Å². The molecule has 0 aliphatic rings. The van der Waals surface area contributed by atoms with Gasteiger partial charge in [0, 0.05) is 16.1 Å². The summed E-state index contributed by atoms with van der Waals surface area (Å²) in [5.74, 6) is 3.23. The molecule has 106 valence electrons. The van der Waals surface area contributed by atoms with Crippen LogP contribution >= 0.6 is 11.6 Å². The second kappa shape index (κ2) is 6.30. The van der Waals surface area contributed by atoms with Gasteiger partial charge in [0.2, 0.25) is 0 Å². The SMILES string of the molecule is C[Si](C)(C)C#Cc1ccc(C=O)c(-c2ccc(Cl)cc2)c1. The molecule has 0 atom stereocenters. The molecule has 0 spiro atoms. The highest BCUT2D eigenvalue weighted by Crippen LogP contribution is 2.25. The molecule has 2 aromatic carbocycles. The van der Waals surface area contributed by atoms with Gasteiger partial charge >= 0.3 is 0 Å². The Kier molecular flexibility index (Phi) is 4.67. The van der Waals surface area contributed by atoms with E-state index >= 15 is 0 Å². The predicted molar refractivity (Wildman–Crippen MR) is 92.5 cm³/mol. The number of rotatable bonds is 2. The minimum Gasteiger partial charge on any atom is -0.298 e. The summed E-state index contributed by atoms with van der Waals surface area (Å²) in [4.78, 5) is 11.2. The monoisotopic (exact) mass is 312 g/mol. The van der Waals surface area contributed by atoms with Gasteiger partial charge in [-0.2, -0.15) is 0 Å². The molecule has 0 amide bonds. The molecule has 0 saturated carbocycles. The van der Waals surface area contributed by atoms with Crippen LogP contribution in [0.3, 0.4) is 0 Å². The molecule has 2 aromatic rings. The zero-order chi connectivity index (χ0) is 15.5. The molecule has 0 unspecified atom stereocenters. The fraction of sp³-hybridized carbons (Fsp3) is 0.167. The van der Waals surface area contributed by atoms with Crippen LogP contribution < -0.4 is 0 Å². The number of carbonyl (C=O) groups is 1. The minimum atomic E-state index is -1.41. The Morgan fingerprint density at radius 3 is 2.29 bits per heavy atom. The van der Waals surface area contributed by atoms with Crippen LogP contribution in [0.5, 0.6) is 0 Å². The molecule has 0 fully saturated rings. The second-order valence-corrected chi connectivity index (χ2v) is 11.1. The molecule has 0 aromatic heterocycles. The molecule has 0 bridgehead atoms. The molecule has 0 heterocycles. The maximum atomic E-state index is 11.2. The molecule has 0 aliphatic heterocycles. The van der Waals surface area contributed by atoms with Crippen molar-refractivity contribution in [1.29, 1.82) is 0 Å². The Balaban J connectivity index is 2.50. The summed E-state index contributed by atoms with van der Waals surface area (Å²) < 4.78 is 0. The first-order chi connectivity index (χ1) is 9.89. The first-order valence-electron chi connectivity index (χ1n) is 6.77. The zero-order valence-corrected chi connectivity index (χ0v) is 14.2. The summed E-state index contributed by atoms with van der Waals surface area (Å²) in [6, 6.07) is 13.2. The minimum absolute atomic E-state index is 0.663. The van der Waals surface area contributed by atoms with Gasteiger partial charge in [0.25, 0.3) is 0 Å². The number of hydrogen-bond donors (Lipinski definition) is 0. The van der Waals surface area contributed by atoms with Crippen LogP contribution in [0.2, 0.25) is 24.7 Å². The summed E-state index contributed by atoms with van der Waals surface area (Å²) >= 11 is 5.92. The molecule has 3 heteroatoms. The van der Waals surface area contributed by atoms with Crippen molar-refractivity contribution in [1.82, 2.24) is 0 Å². The van der Waals surface area contributed by atoms with Gasteiger partial charge in [-0.15, -0.1) is 5.54 Å². The third-order valence-corrected chi connectivity index (χ3v) is 4.04. The van der Waals surface area contributed by atoms with Crippen molar-refractivity contribution >= 4 is 26.0 Å². The third-order valence-electron chi connectivity index (χ3n) is 2.92. The largest absolute Gasteiger partial charge is 0.298 e. The maximum Gasteiger partial charge on any atom is 0.150 e. The van der Waals surface area contributed by atoms with Gasteiger partial charge < -0.3 is 0 Å². The lowest BCUT2D eigenvalue weighted by atomic mass is 9.98. The molecule has 1 nitrogen and oxygen atoms in total. The van der Waals surface area contributed by atoms with Crippen LogP contribution in [0.15, 0.2) is 42.5 Å². The van der Waals surface area contributed by atoms with Crippen molar-refractivity contribution in [2.75, 3.05) is 0 Å². The normalized spacial score (nSPS) is 10.7. The highest BCUT2D eigenvalue weighted by atomic mass is 35.5. The molecule has 21 heavy (non-hydrogen) atoms. The highest BCUT2D eigenvalue weighted by Gasteiger charge is 2.09. The van der Waals surface area contributed by atoms with Crippen LogP contribution in [0, 0.1) is 11.5 Å². The standard InChI is InChI=1S/C18H17ClOSi/c1-21(2,3)11-10-14-4-5-16(13-20)18(12-14)15-6-8-17(19)9-7-15/h4-9,12-13H,1-3H3. The lowest BCUT2D eigenvalue weighted by molar-refractivity contribution is 0.112. The Morgan fingerprint density at radius 2 is 1.71 bits per heavy atom. The molecule has 0 radical (unpaired) electrons. The Morgan fingerprint density at radius 1 is 1.05 bits per heavy atom. The number of benzene rings is 2. The topological polar surface area (TPSA) is 17.1 Å².